The van der Waals surface area contributed by atoms with E-state index in [2.05, 4.69) is 26.3 Å². The molecule has 0 atom stereocenters. The van der Waals surface area contributed by atoms with E-state index < -0.39 is 0 Å². The predicted octanol–water partition coefficient (Wildman–Crippen LogP) is 3.86. The molecule has 1 aliphatic rings. The Balaban J connectivity index is 1.70. The number of fused-ring (bicyclic) bond motifs is 1. The molecule has 1 aliphatic heterocycles. The maximum Gasteiger partial charge on any atom is 0.231 e. The van der Waals surface area contributed by atoms with Crippen LogP contribution < -0.4 is 9.47 Å². The monoisotopic (exact) mass is 323 g/mol. The average molecular weight is 324 g/mol. The molecule has 0 N–H and O–H groups in total. The SMILES string of the molecule is Brc1cscc1C=NCc1ccc2c(c1)OCO2. The highest BCUT2D eigenvalue weighted by Crippen LogP contribution is 2.32. The van der Waals surface area contributed by atoms with Gasteiger partial charge < -0.3 is 9.47 Å². The normalized spacial score (nSPS) is 13.4. The molecule has 18 heavy (non-hydrogen) atoms. The van der Waals surface area contributed by atoms with E-state index >= 15 is 0 Å². The van der Waals surface area contributed by atoms with Gasteiger partial charge in [0.25, 0.3) is 0 Å². The van der Waals surface area contributed by atoms with Gasteiger partial charge in [-0.15, -0.1) is 0 Å². The van der Waals surface area contributed by atoms with Crippen molar-refractivity contribution in [2.45, 2.75) is 6.54 Å². The third-order valence-corrected chi connectivity index (χ3v) is 4.34. The summed E-state index contributed by atoms with van der Waals surface area (Å²) in [5, 5.41) is 4.11. The van der Waals surface area contributed by atoms with Crippen LogP contribution in [0.25, 0.3) is 0 Å². The van der Waals surface area contributed by atoms with Gasteiger partial charge in [-0.1, -0.05) is 6.07 Å². The second kappa shape index (κ2) is 5.12. The zero-order valence-corrected chi connectivity index (χ0v) is 11.8. The minimum Gasteiger partial charge on any atom is -0.454 e. The Morgan fingerprint density at radius 2 is 2.17 bits per heavy atom. The van der Waals surface area contributed by atoms with Crippen LogP contribution in [0.1, 0.15) is 11.1 Å². The van der Waals surface area contributed by atoms with E-state index in [1.807, 2.05) is 29.8 Å². The van der Waals surface area contributed by atoms with Gasteiger partial charge in [0.05, 0.1) is 6.54 Å². The Bertz CT molecular complexity index is 594. The van der Waals surface area contributed by atoms with Crippen LogP contribution in [-0.4, -0.2) is 13.0 Å². The third kappa shape index (κ3) is 2.42. The van der Waals surface area contributed by atoms with Crippen LogP contribution >= 0.6 is 27.3 Å². The van der Waals surface area contributed by atoms with E-state index in [4.69, 9.17) is 9.47 Å². The summed E-state index contributed by atoms with van der Waals surface area (Å²) < 4.78 is 11.7. The molecule has 0 fully saturated rings. The highest BCUT2D eigenvalue weighted by atomic mass is 79.9. The second-order valence-corrected chi connectivity index (χ2v) is 5.43. The van der Waals surface area contributed by atoms with Crippen LogP contribution in [0.5, 0.6) is 11.5 Å². The first-order chi connectivity index (χ1) is 8.83. The number of halogens is 1. The standard InChI is InChI=1S/C13H10BrNO2S/c14-11-7-18-6-10(11)5-15-4-9-1-2-12-13(3-9)17-8-16-12/h1-3,5-7H,4,8H2. The van der Waals surface area contributed by atoms with Crippen molar-refractivity contribution in [3.63, 3.8) is 0 Å². The molecule has 0 unspecified atom stereocenters. The van der Waals surface area contributed by atoms with Gasteiger partial charge in [-0.2, -0.15) is 11.3 Å². The minimum absolute atomic E-state index is 0.309. The molecule has 92 valence electrons. The molecule has 0 bridgehead atoms. The number of benzene rings is 1. The molecular formula is C13H10BrNO2S. The molecule has 2 aromatic rings. The van der Waals surface area contributed by atoms with Crippen molar-refractivity contribution >= 4 is 33.5 Å². The summed E-state index contributed by atoms with van der Waals surface area (Å²) in [6.45, 7) is 0.947. The van der Waals surface area contributed by atoms with E-state index in [1.165, 1.54) is 0 Å². The Labute approximate surface area is 117 Å². The fourth-order valence-electron chi connectivity index (χ4n) is 1.67. The quantitative estimate of drug-likeness (QED) is 0.803. The predicted molar refractivity (Wildman–Crippen MR) is 75.9 cm³/mol. The van der Waals surface area contributed by atoms with Crippen molar-refractivity contribution in [1.29, 1.82) is 0 Å². The van der Waals surface area contributed by atoms with E-state index in [-0.39, 0.29) is 0 Å². The van der Waals surface area contributed by atoms with Crippen molar-refractivity contribution in [3.8, 4) is 11.5 Å². The van der Waals surface area contributed by atoms with Gasteiger partial charge >= 0.3 is 0 Å². The molecule has 2 heterocycles. The number of ether oxygens (including phenoxy) is 2. The van der Waals surface area contributed by atoms with Gasteiger partial charge in [-0.25, -0.2) is 0 Å². The van der Waals surface area contributed by atoms with Gasteiger partial charge in [0.1, 0.15) is 0 Å². The average Bonchev–Trinajstić information content (AvgIpc) is 2.98. The summed E-state index contributed by atoms with van der Waals surface area (Å²) in [5.41, 5.74) is 2.22. The zero-order chi connectivity index (χ0) is 12.4. The Morgan fingerprint density at radius 3 is 3.00 bits per heavy atom. The van der Waals surface area contributed by atoms with Crippen LogP contribution in [0.2, 0.25) is 0 Å². The molecule has 3 nitrogen and oxygen atoms in total. The van der Waals surface area contributed by atoms with Crippen molar-refractivity contribution in [2.75, 3.05) is 6.79 Å². The van der Waals surface area contributed by atoms with Crippen LogP contribution in [-0.2, 0) is 6.54 Å². The van der Waals surface area contributed by atoms with Crippen molar-refractivity contribution < 1.29 is 9.47 Å². The first-order valence-corrected chi connectivity index (χ1v) is 7.16. The van der Waals surface area contributed by atoms with E-state index in [9.17, 15) is 0 Å². The molecule has 0 saturated heterocycles. The zero-order valence-electron chi connectivity index (χ0n) is 9.43. The smallest absolute Gasteiger partial charge is 0.231 e. The molecule has 3 rings (SSSR count). The first-order valence-electron chi connectivity index (χ1n) is 5.43. The summed E-state index contributed by atoms with van der Waals surface area (Å²) in [4.78, 5) is 4.43. The molecule has 1 aromatic carbocycles. The lowest BCUT2D eigenvalue weighted by Crippen LogP contribution is -1.92. The Kier molecular flexibility index (Phi) is 3.34. The minimum atomic E-state index is 0.309. The number of aliphatic imine (C=N–C) groups is 1. The van der Waals surface area contributed by atoms with Crippen molar-refractivity contribution in [3.05, 3.63) is 44.6 Å². The highest BCUT2D eigenvalue weighted by molar-refractivity contribution is 9.10. The van der Waals surface area contributed by atoms with Gasteiger partial charge in [0.15, 0.2) is 11.5 Å². The molecular weight excluding hydrogens is 314 g/mol. The fourth-order valence-corrected chi connectivity index (χ4v) is 3.02. The van der Waals surface area contributed by atoms with Gasteiger partial charge in [-0.05, 0) is 33.6 Å². The lowest BCUT2D eigenvalue weighted by atomic mass is 10.2. The molecule has 0 aliphatic carbocycles. The number of hydrogen-bond donors (Lipinski definition) is 0. The third-order valence-electron chi connectivity index (χ3n) is 2.58. The molecule has 0 radical (unpaired) electrons. The topological polar surface area (TPSA) is 30.8 Å². The second-order valence-electron chi connectivity index (χ2n) is 3.83. The Hall–Kier alpha value is -1.33. The highest BCUT2D eigenvalue weighted by Gasteiger charge is 2.12. The van der Waals surface area contributed by atoms with Crippen LogP contribution in [0.15, 0.2) is 38.4 Å². The maximum absolute atomic E-state index is 5.33. The molecule has 0 spiro atoms. The number of nitrogens with zero attached hydrogens (tertiary/aromatic N) is 1. The van der Waals surface area contributed by atoms with Crippen molar-refractivity contribution in [1.82, 2.24) is 0 Å². The lowest BCUT2D eigenvalue weighted by Gasteiger charge is -1.99. The van der Waals surface area contributed by atoms with E-state index in [1.54, 1.807) is 11.3 Å². The van der Waals surface area contributed by atoms with Gasteiger partial charge in [0.2, 0.25) is 6.79 Å². The summed E-state index contributed by atoms with van der Waals surface area (Å²) in [6, 6.07) is 5.91. The summed E-state index contributed by atoms with van der Waals surface area (Å²) >= 11 is 5.13. The molecule has 1 aromatic heterocycles. The van der Waals surface area contributed by atoms with Crippen molar-refractivity contribution in [2.24, 2.45) is 4.99 Å². The first kappa shape index (κ1) is 11.7. The maximum atomic E-state index is 5.33. The van der Waals surface area contributed by atoms with Gasteiger partial charge in [-0.3, -0.25) is 4.99 Å². The number of thiophene rings is 1. The molecule has 5 heteroatoms. The number of hydrogen-bond acceptors (Lipinski definition) is 4. The van der Waals surface area contributed by atoms with Gasteiger partial charge in [0, 0.05) is 27.0 Å². The molecule has 0 amide bonds. The number of rotatable bonds is 3. The summed E-state index contributed by atoms with van der Waals surface area (Å²) in [5.74, 6) is 1.61. The molecule has 0 saturated carbocycles. The van der Waals surface area contributed by atoms with Crippen LogP contribution in [0.3, 0.4) is 0 Å². The lowest BCUT2D eigenvalue weighted by molar-refractivity contribution is 0.174. The summed E-state index contributed by atoms with van der Waals surface area (Å²) in [6.07, 6.45) is 1.88. The van der Waals surface area contributed by atoms with Crippen LogP contribution in [0, 0.1) is 0 Å². The van der Waals surface area contributed by atoms with Crippen LogP contribution in [0.4, 0.5) is 0 Å². The largest absolute Gasteiger partial charge is 0.454 e. The fraction of sp³-hybridized carbons (Fsp3) is 0.154. The Morgan fingerprint density at radius 1 is 1.28 bits per heavy atom. The van der Waals surface area contributed by atoms with E-state index in [0.717, 1.165) is 27.1 Å². The van der Waals surface area contributed by atoms with E-state index in [0.29, 0.717) is 13.3 Å². The summed E-state index contributed by atoms with van der Waals surface area (Å²) in [7, 11) is 0.